The van der Waals surface area contributed by atoms with Crippen LogP contribution in [0, 0.1) is 13.8 Å². The van der Waals surface area contributed by atoms with E-state index in [1.54, 1.807) is 16.4 Å². The summed E-state index contributed by atoms with van der Waals surface area (Å²) < 4.78 is 32.9. The van der Waals surface area contributed by atoms with Crippen LogP contribution in [0.5, 0.6) is 0 Å². The van der Waals surface area contributed by atoms with Crippen molar-refractivity contribution in [3.63, 3.8) is 0 Å². The highest BCUT2D eigenvalue weighted by Gasteiger charge is 2.29. The molecular formula is C18H27N3O3S2. The molecule has 0 aliphatic carbocycles. The number of thiocarbonyl (C=S) groups is 1. The van der Waals surface area contributed by atoms with Gasteiger partial charge < -0.3 is 15.0 Å². The second kappa shape index (κ2) is 8.21. The second-order valence-electron chi connectivity index (χ2n) is 6.96. The molecule has 1 N–H and O–H groups in total. The highest BCUT2D eigenvalue weighted by molar-refractivity contribution is 7.89. The number of aryl methyl sites for hydroxylation is 2. The Morgan fingerprint density at radius 2 is 1.96 bits per heavy atom. The average molecular weight is 398 g/mol. The normalized spacial score (nSPS) is 21.8. The van der Waals surface area contributed by atoms with Gasteiger partial charge >= 0.3 is 0 Å². The summed E-state index contributed by atoms with van der Waals surface area (Å²) in [5, 5.41) is 3.94. The van der Waals surface area contributed by atoms with Gasteiger partial charge in [0.05, 0.1) is 11.0 Å². The molecule has 0 saturated carbocycles. The van der Waals surface area contributed by atoms with Crippen LogP contribution >= 0.6 is 12.2 Å². The fraction of sp³-hybridized carbons (Fsp3) is 0.611. The van der Waals surface area contributed by atoms with Crippen LogP contribution in [-0.2, 0) is 14.8 Å². The number of piperazine rings is 1. The number of rotatable bonds is 4. The first-order chi connectivity index (χ1) is 12.4. The third-order valence-electron chi connectivity index (χ3n) is 5.15. The van der Waals surface area contributed by atoms with Gasteiger partial charge in [0, 0.05) is 39.3 Å². The number of hydrogen-bond donors (Lipinski definition) is 1. The highest BCUT2D eigenvalue weighted by atomic mass is 32.2. The summed E-state index contributed by atoms with van der Waals surface area (Å²) in [6.07, 6.45) is 2.41. The van der Waals surface area contributed by atoms with Crippen LogP contribution in [0.15, 0.2) is 23.1 Å². The minimum Gasteiger partial charge on any atom is -0.376 e. The zero-order valence-corrected chi connectivity index (χ0v) is 17.0. The lowest BCUT2D eigenvalue weighted by Gasteiger charge is -2.35. The van der Waals surface area contributed by atoms with E-state index >= 15 is 0 Å². The second-order valence-corrected chi connectivity index (χ2v) is 9.28. The van der Waals surface area contributed by atoms with Crippen LogP contribution in [0.3, 0.4) is 0 Å². The Morgan fingerprint density at radius 3 is 2.58 bits per heavy atom. The monoisotopic (exact) mass is 397 g/mol. The molecule has 144 valence electrons. The molecule has 0 unspecified atom stereocenters. The minimum absolute atomic E-state index is 0.236. The minimum atomic E-state index is -3.45. The van der Waals surface area contributed by atoms with Crippen molar-refractivity contribution in [3.8, 4) is 0 Å². The molecule has 1 aromatic carbocycles. The van der Waals surface area contributed by atoms with E-state index in [1.807, 2.05) is 24.8 Å². The lowest BCUT2D eigenvalue weighted by atomic mass is 10.1. The Bertz CT molecular complexity index is 753. The molecule has 1 atom stereocenters. The Kier molecular flexibility index (Phi) is 6.17. The maximum atomic E-state index is 12.9. The van der Waals surface area contributed by atoms with Gasteiger partial charge in [0.1, 0.15) is 0 Å². The van der Waals surface area contributed by atoms with Gasteiger partial charge in [0.2, 0.25) is 10.0 Å². The summed E-state index contributed by atoms with van der Waals surface area (Å²) in [5.74, 6) is 0. The summed E-state index contributed by atoms with van der Waals surface area (Å²) in [4.78, 5) is 2.41. The van der Waals surface area contributed by atoms with Gasteiger partial charge in [-0.05, 0) is 62.2 Å². The third-order valence-corrected chi connectivity index (χ3v) is 7.44. The van der Waals surface area contributed by atoms with Gasteiger partial charge in [-0.2, -0.15) is 4.31 Å². The maximum Gasteiger partial charge on any atom is 0.243 e. The molecule has 2 heterocycles. The Morgan fingerprint density at radius 1 is 1.23 bits per heavy atom. The van der Waals surface area contributed by atoms with Crippen molar-refractivity contribution in [2.75, 3.05) is 39.3 Å². The van der Waals surface area contributed by atoms with E-state index in [-0.39, 0.29) is 6.10 Å². The van der Waals surface area contributed by atoms with Crippen LogP contribution in [0.1, 0.15) is 24.0 Å². The van der Waals surface area contributed by atoms with E-state index < -0.39 is 10.0 Å². The molecule has 2 saturated heterocycles. The lowest BCUT2D eigenvalue weighted by molar-refractivity contribution is 0.113. The predicted molar refractivity (Wildman–Crippen MR) is 106 cm³/mol. The largest absolute Gasteiger partial charge is 0.376 e. The van der Waals surface area contributed by atoms with Gasteiger partial charge in [0.25, 0.3) is 0 Å². The lowest BCUT2D eigenvalue weighted by Crippen LogP contribution is -2.53. The van der Waals surface area contributed by atoms with Crippen LogP contribution in [-0.4, -0.2) is 68.2 Å². The van der Waals surface area contributed by atoms with E-state index in [0.717, 1.165) is 37.1 Å². The van der Waals surface area contributed by atoms with E-state index in [0.29, 0.717) is 36.2 Å². The fourth-order valence-corrected chi connectivity index (χ4v) is 5.05. The summed E-state index contributed by atoms with van der Waals surface area (Å²) in [5.41, 5.74) is 2.08. The van der Waals surface area contributed by atoms with Crippen LogP contribution in [0.2, 0.25) is 0 Å². The first-order valence-corrected chi connectivity index (χ1v) is 10.9. The third kappa shape index (κ3) is 4.36. The highest BCUT2D eigenvalue weighted by Crippen LogP contribution is 2.20. The van der Waals surface area contributed by atoms with E-state index in [4.69, 9.17) is 17.0 Å². The molecule has 2 fully saturated rings. The predicted octanol–water partition coefficient (Wildman–Crippen LogP) is 1.66. The number of benzene rings is 1. The van der Waals surface area contributed by atoms with Crippen molar-refractivity contribution in [2.45, 2.75) is 37.7 Å². The summed E-state index contributed by atoms with van der Waals surface area (Å²) in [6.45, 7) is 7.55. The van der Waals surface area contributed by atoms with Crippen molar-refractivity contribution in [2.24, 2.45) is 0 Å². The van der Waals surface area contributed by atoms with Crippen LogP contribution in [0.25, 0.3) is 0 Å². The van der Waals surface area contributed by atoms with Gasteiger partial charge in [-0.15, -0.1) is 0 Å². The maximum absolute atomic E-state index is 12.9. The van der Waals surface area contributed by atoms with Crippen molar-refractivity contribution in [3.05, 3.63) is 29.3 Å². The molecule has 8 heteroatoms. The van der Waals surface area contributed by atoms with Crippen LogP contribution < -0.4 is 5.32 Å². The number of ether oxygens (including phenoxy) is 1. The zero-order valence-electron chi connectivity index (χ0n) is 15.4. The SMILES string of the molecule is Cc1ccc(S(=O)(=O)N2CCN(C(=S)NC[C@H]3CCCO3)CC2)cc1C. The van der Waals surface area contributed by atoms with Crippen molar-refractivity contribution in [1.82, 2.24) is 14.5 Å². The molecule has 1 aromatic rings. The number of hydrogen-bond acceptors (Lipinski definition) is 4. The Balaban J connectivity index is 1.55. The number of sulfonamides is 1. The molecule has 26 heavy (non-hydrogen) atoms. The molecule has 0 spiro atoms. The molecule has 0 bridgehead atoms. The fourth-order valence-electron chi connectivity index (χ4n) is 3.27. The Hall–Kier alpha value is -1.22. The van der Waals surface area contributed by atoms with Crippen molar-refractivity contribution in [1.29, 1.82) is 0 Å². The van der Waals surface area contributed by atoms with Gasteiger partial charge in [-0.3, -0.25) is 0 Å². The van der Waals surface area contributed by atoms with E-state index in [2.05, 4.69) is 5.32 Å². The molecule has 3 rings (SSSR count). The molecule has 2 aliphatic heterocycles. The van der Waals surface area contributed by atoms with Gasteiger partial charge in [-0.1, -0.05) is 6.07 Å². The number of nitrogens with one attached hydrogen (secondary N) is 1. The average Bonchev–Trinajstić information content (AvgIpc) is 3.15. The summed E-state index contributed by atoms with van der Waals surface area (Å²) in [6, 6.07) is 5.31. The molecule has 2 aliphatic rings. The van der Waals surface area contributed by atoms with Crippen molar-refractivity contribution < 1.29 is 13.2 Å². The molecular weight excluding hydrogens is 370 g/mol. The molecule has 6 nitrogen and oxygen atoms in total. The number of nitrogens with zero attached hydrogens (tertiary/aromatic N) is 2. The quantitative estimate of drug-likeness (QED) is 0.780. The van der Waals surface area contributed by atoms with E-state index in [1.165, 1.54) is 0 Å². The summed E-state index contributed by atoms with van der Waals surface area (Å²) in [7, 11) is -3.45. The van der Waals surface area contributed by atoms with Crippen molar-refractivity contribution >= 4 is 27.4 Å². The first kappa shape index (κ1) is 19.5. The Labute approximate surface area is 161 Å². The standard InChI is InChI=1S/C18H27N3O3S2/c1-14-5-6-17(12-15(14)2)26(22,23)21-9-7-20(8-10-21)18(25)19-13-16-4-3-11-24-16/h5-6,12,16H,3-4,7-11,13H2,1-2H3,(H,19,25)/t16-/m1/s1. The smallest absolute Gasteiger partial charge is 0.243 e. The van der Waals surface area contributed by atoms with Crippen LogP contribution in [0.4, 0.5) is 0 Å². The zero-order chi connectivity index (χ0) is 18.7. The molecule has 0 radical (unpaired) electrons. The van der Waals surface area contributed by atoms with Gasteiger partial charge in [0.15, 0.2) is 5.11 Å². The molecule has 0 aromatic heterocycles. The van der Waals surface area contributed by atoms with Gasteiger partial charge in [-0.25, -0.2) is 8.42 Å². The molecule has 0 amide bonds. The first-order valence-electron chi connectivity index (χ1n) is 9.10. The summed E-state index contributed by atoms with van der Waals surface area (Å²) >= 11 is 5.46. The topological polar surface area (TPSA) is 61.9 Å². The van der Waals surface area contributed by atoms with E-state index in [9.17, 15) is 8.42 Å².